The summed E-state index contributed by atoms with van der Waals surface area (Å²) in [4.78, 5) is 7.11. The van der Waals surface area contributed by atoms with Crippen molar-refractivity contribution in [3.63, 3.8) is 0 Å². The van der Waals surface area contributed by atoms with Crippen molar-refractivity contribution in [3.8, 4) is 5.88 Å². The fraction of sp³-hybridized carbons (Fsp3) is 0.450. The lowest BCUT2D eigenvalue weighted by molar-refractivity contribution is 0.143. The van der Waals surface area contributed by atoms with E-state index in [1.54, 1.807) is 0 Å². The molecule has 1 fully saturated rings. The summed E-state index contributed by atoms with van der Waals surface area (Å²) < 4.78 is 6.07. The van der Waals surface area contributed by atoms with Gasteiger partial charge in [0.15, 0.2) is 0 Å². The molecule has 1 atom stereocenters. The number of hydrogen-bond acceptors (Lipinski definition) is 3. The number of hydrogen-bond donors (Lipinski definition) is 0. The smallest absolute Gasteiger partial charge is 0.218 e. The van der Waals surface area contributed by atoms with E-state index in [9.17, 15) is 0 Å². The van der Waals surface area contributed by atoms with Crippen LogP contribution in [0.4, 0.5) is 0 Å². The van der Waals surface area contributed by atoms with E-state index >= 15 is 0 Å². The van der Waals surface area contributed by atoms with Crippen molar-refractivity contribution in [2.24, 2.45) is 0 Å². The summed E-state index contributed by atoms with van der Waals surface area (Å²) in [6.07, 6.45) is 6.82. The summed E-state index contributed by atoms with van der Waals surface area (Å²) in [6.45, 7) is 5.16. The first-order valence-electron chi connectivity index (χ1n) is 8.74. The van der Waals surface area contributed by atoms with Gasteiger partial charge in [-0.2, -0.15) is 0 Å². The van der Waals surface area contributed by atoms with Crippen LogP contribution in [0.5, 0.6) is 5.88 Å². The van der Waals surface area contributed by atoms with Crippen LogP contribution in [0.2, 0.25) is 0 Å². The first-order chi connectivity index (χ1) is 11.4. The summed E-state index contributed by atoms with van der Waals surface area (Å²) in [6, 6.07) is 15.0. The minimum atomic E-state index is 0.447. The fourth-order valence-electron chi connectivity index (χ4n) is 3.40. The van der Waals surface area contributed by atoms with E-state index in [2.05, 4.69) is 35.0 Å². The van der Waals surface area contributed by atoms with E-state index < -0.39 is 0 Å². The minimum absolute atomic E-state index is 0.447. The molecule has 0 saturated carbocycles. The van der Waals surface area contributed by atoms with Crippen LogP contribution in [0.3, 0.4) is 0 Å². The van der Waals surface area contributed by atoms with E-state index in [0.29, 0.717) is 12.6 Å². The number of piperidine rings is 1. The van der Waals surface area contributed by atoms with Gasteiger partial charge in [-0.1, -0.05) is 49.7 Å². The third kappa shape index (κ3) is 4.11. The second kappa shape index (κ2) is 8.11. The molecule has 0 amide bonds. The van der Waals surface area contributed by atoms with Gasteiger partial charge in [-0.3, -0.25) is 4.90 Å². The van der Waals surface area contributed by atoms with E-state index in [1.807, 2.05) is 30.5 Å². The highest BCUT2D eigenvalue weighted by atomic mass is 16.5. The molecule has 122 valence electrons. The summed E-state index contributed by atoms with van der Waals surface area (Å²) in [5.74, 6) is 0.796. The molecule has 0 spiro atoms. The average Bonchev–Trinajstić information content (AvgIpc) is 2.62. The van der Waals surface area contributed by atoms with Crippen molar-refractivity contribution in [1.29, 1.82) is 0 Å². The van der Waals surface area contributed by atoms with Crippen LogP contribution in [0.1, 0.15) is 49.8 Å². The van der Waals surface area contributed by atoms with Gasteiger partial charge in [0.05, 0.1) is 0 Å². The largest absolute Gasteiger partial charge is 0.473 e. The molecule has 1 aromatic heterocycles. The minimum Gasteiger partial charge on any atom is -0.473 e. The number of nitrogens with zero attached hydrogens (tertiary/aromatic N) is 2. The monoisotopic (exact) mass is 310 g/mol. The number of likely N-dealkylation sites (tertiary alicyclic amines) is 1. The average molecular weight is 310 g/mol. The molecule has 0 radical (unpaired) electrons. The first kappa shape index (κ1) is 16.0. The molecule has 1 aliphatic rings. The quantitative estimate of drug-likeness (QED) is 0.780. The van der Waals surface area contributed by atoms with Crippen LogP contribution >= 0.6 is 0 Å². The normalized spacial score (nSPS) is 18.7. The van der Waals surface area contributed by atoms with Gasteiger partial charge in [0.1, 0.15) is 6.61 Å². The van der Waals surface area contributed by atoms with E-state index in [-0.39, 0.29) is 0 Å². The molecule has 1 aliphatic heterocycles. The molecule has 0 bridgehead atoms. The highest BCUT2D eigenvalue weighted by Crippen LogP contribution is 2.35. The number of aromatic nitrogens is 1. The summed E-state index contributed by atoms with van der Waals surface area (Å²) in [7, 11) is 0. The predicted molar refractivity (Wildman–Crippen MR) is 93.5 cm³/mol. The highest BCUT2D eigenvalue weighted by Gasteiger charge is 2.26. The number of ether oxygens (including phenoxy) is 1. The van der Waals surface area contributed by atoms with Crippen molar-refractivity contribution in [2.45, 2.75) is 45.3 Å². The van der Waals surface area contributed by atoms with Gasteiger partial charge in [0.25, 0.3) is 0 Å². The second-order valence-electron chi connectivity index (χ2n) is 6.22. The Balaban J connectivity index is 1.76. The van der Waals surface area contributed by atoms with Crippen LogP contribution < -0.4 is 4.74 Å². The van der Waals surface area contributed by atoms with E-state index in [1.165, 1.54) is 43.4 Å². The van der Waals surface area contributed by atoms with Gasteiger partial charge in [-0.25, -0.2) is 4.98 Å². The topological polar surface area (TPSA) is 25.4 Å². The van der Waals surface area contributed by atoms with Gasteiger partial charge in [-0.15, -0.1) is 0 Å². The molecular formula is C20H26N2O. The molecule has 3 rings (SSSR count). The number of benzene rings is 1. The zero-order valence-corrected chi connectivity index (χ0v) is 13.9. The summed E-state index contributed by atoms with van der Waals surface area (Å²) in [5, 5.41) is 0. The van der Waals surface area contributed by atoms with Gasteiger partial charge in [-0.05, 0) is 44.0 Å². The Bertz CT molecular complexity index is 598. The lowest BCUT2D eigenvalue weighted by Gasteiger charge is -2.36. The Labute approximate surface area is 139 Å². The number of pyridine rings is 1. The van der Waals surface area contributed by atoms with Gasteiger partial charge in [0, 0.05) is 17.8 Å². The molecular weight excluding hydrogens is 284 g/mol. The Hall–Kier alpha value is -1.87. The summed E-state index contributed by atoms with van der Waals surface area (Å²) in [5.41, 5.74) is 2.43. The number of rotatable bonds is 6. The molecule has 2 aromatic rings. The molecule has 0 aliphatic carbocycles. The maximum Gasteiger partial charge on any atom is 0.218 e. The van der Waals surface area contributed by atoms with Crippen LogP contribution in [0.25, 0.3) is 0 Å². The van der Waals surface area contributed by atoms with Gasteiger partial charge >= 0.3 is 0 Å². The zero-order chi connectivity index (χ0) is 15.9. The SMILES string of the molecule is CCCN1CCCCC1c1cccnc1OCc1ccccc1. The van der Waals surface area contributed by atoms with Gasteiger partial charge < -0.3 is 4.74 Å². The lowest BCUT2D eigenvalue weighted by Crippen LogP contribution is -2.34. The third-order valence-electron chi connectivity index (χ3n) is 4.50. The molecule has 2 heterocycles. The van der Waals surface area contributed by atoms with Crippen LogP contribution in [-0.4, -0.2) is 23.0 Å². The van der Waals surface area contributed by atoms with Crippen molar-refractivity contribution in [2.75, 3.05) is 13.1 Å². The standard InChI is InChI=1S/C20H26N2O/c1-2-14-22-15-7-6-12-19(22)18-11-8-13-21-20(18)23-16-17-9-4-3-5-10-17/h3-5,8-11,13,19H,2,6-7,12,14-16H2,1H3. The Morgan fingerprint density at radius 3 is 2.83 bits per heavy atom. The van der Waals surface area contributed by atoms with Crippen LogP contribution in [-0.2, 0) is 6.61 Å². The van der Waals surface area contributed by atoms with Gasteiger partial charge in [0.2, 0.25) is 5.88 Å². The maximum atomic E-state index is 6.07. The molecule has 1 unspecified atom stereocenters. The molecule has 23 heavy (non-hydrogen) atoms. The van der Waals surface area contributed by atoms with Crippen molar-refractivity contribution in [1.82, 2.24) is 9.88 Å². The second-order valence-corrected chi connectivity index (χ2v) is 6.22. The fourth-order valence-corrected chi connectivity index (χ4v) is 3.40. The maximum absolute atomic E-state index is 6.07. The van der Waals surface area contributed by atoms with Crippen molar-refractivity contribution in [3.05, 3.63) is 59.8 Å². The summed E-state index contributed by atoms with van der Waals surface area (Å²) >= 11 is 0. The van der Waals surface area contributed by atoms with Crippen LogP contribution in [0.15, 0.2) is 48.7 Å². The Morgan fingerprint density at radius 2 is 2.00 bits per heavy atom. The molecule has 3 nitrogen and oxygen atoms in total. The molecule has 1 aromatic carbocycles. The van der Waals surface area contributed by atoms with Crippen LogP contribution in [0, 0.1) is 0 Å². The van der Waals surface area contributed by atoms with Crippen molar-refractivity contribution >= 4 is 0 Å². The third-order valence-corrected chi connectivity index (χ3v) is 4.50. The van der Waals surface area contributed by atoms with E-state index in [4.69, 9.17) is 4.74 Å². The Morgan fingerprint density at radius 1 is 1.13 bits per heavy atom. The van der Waals surface area contributed by atoms with E-state index in [0.717, 1.165) is 12.4 Å². The molecule has 3 heteroatoms. The first-order valence-corrected chi connectivity index (χ1v) is 8.74. The zero-order valence-electron chi connectivity index (χ0n) is 13.9. The molecule has 1 saturated heterocycles. The lowest BCUT2D eigenvalue weighted by atomic mass is 9.95. The molecule has 0 N–H and O–H groups in total. The highest BCUT2D eigenvalue weighted by molar-refractivity contribution is 5.30. The Kier molecular flexibility index (Phi) is 5.65. The predicted octanol–water partition coefficient (Wildman–Crippen LogP) is 4.60. The van der Waals surface area contributed by atoms with Crippen molar-refractivity contribution < 1.29 is 4.74 Å².